The van der Waals surface area contributed by atoms with Gasteiger partial charge in [0, 0.05) is 5.57 Å². The van der Waals surface area contributed by atoms with E-state index in [9.17, 15) is 4.79 Å². The van der Waals surface area contributed by atoms with Crippen LogP contribution in [-0.4, -0.2) is 30.2 Å². The van der Waals surface area contributed by atoms with E-state index >= 15 is 0 Å². The monoisotopic (exact) mass is 269 g/mol. The van der Waals surface area contributed by atoms with Crippen molar-refractivity contribution in [2.75, 3.05) is 13.1 Å². The summed E-state index contributed by atoms with van der Waals surface area (Å²) in [6.07, 6.45) is 6.98. The molecule has 1 unspecified atom stereocenters. The Balaban J connectivity index is 4.25. The van der Waals surface area contributed by atoms with Crippen LogP contribution in [0.2, 0.25) is 0 Å². The van der Waals surface area contributed by atoms with Crippen LogP contribution >= 0.6 is 0 Å². The van der Waals surface area contributed by atoms with E-state index in [1.807, 2.05) is 0 Å². The number of unbranched alkanes of at least 4 members (excludes halogenated alkanes) is 4. The summed E-state index contributed by atoms with van der Waals surface area (Å²) in [5.41, 5.74) is 0.475. The standard InChI is InChI=1S/C16H31NO2/c1-6-9-10-11-12-13-15(17(7-2)8-3)19-16(18)14(4)5/h15H,4,6-13H2,1-3,5H3. The fourth-order valence-corrected chi connectivity index (χ4v) is 2.09. The molecule has 0 spiro atoms. The molecular formula is C16H31NO2. The fourth-order valence-electron chi connectivity index (χ4n) is 2.09. The number of hydrogen-bond donors (Lipinski definition) is 0. The second kappa shape index (κ2) is 11.0. The molecule has 0 aliphatic rings. The third-order valence-electron chi connectivity index (χ3n) is 3.37. The first-order chi connectivity index (χ1) is 9.06. The van der Waals surface area contributed by atoms with E-state index in [-0.39, 0.29) is 12.2 Å². The number of ether oxygens (including phenoxy) is 1. The molecule has 0 heterocycles. The van der Waals surface area contributed by atoms with Gasteiger partial charge in [-0.25, -0.2) is 4.79 Å². The van der Waals surface area contributed by atoms with Gasteiger partial charge in [-0.15, -0.1) is 0 Å². The van der Waals surface area contributed by atoms with Crippen molar-refractivity contribution in [3.8, 4) is 0 Å². The molecule has 0 bridgehead atoms. The highest BCUT2D eigenvalue weighted by molar-refractivity contribution is 5.87. The van der Waals surface area contributed by atoms with Crippen LogP contribution in [0.5, 0.6) is 0 Å². The minimum Gasteiger partial charge on any atom is -0.443 e. The molecule has 0 rings (SSSR count). The predicted molar refractivity (Wildman–Crippen MR) is 81.0 cm³/mol. The van der Waals surface area contributed by atoms with Gasteiger partial charge in [-0.2, -0.15) is 0 Å². The zero-order chi connectivity index (χ0) is 14.7. The molecule has 0 aliphatic carbocycles. The molecule has 112 valence electrons. The van der Waals surface area contributed by atoms with Gasteiger partial charge in [-0.1, -0.05) is 53.0 Å². The molecule has 0 saturated heterocycles. The number of carbonyl (C=O) groups is 1. The summed E-state index contributed by atoms with van der Waals surface area (Å²) in [6.45, 7) is 13.6. The molecule has 3 nitrogen and oxygen atoms in total. The van der Waals surface area contributed by atoms with E-state index in [0.717, 1.165) is 25.9 Å². The minimum atomic E-state index is -0.273. The smallest absolute Gasteiger partial charge is 0.334 e. The Morgan fingerprint density at radius 3 is 2.16 bits per heavy atom. The van der Waals surface area contributed by atoms with Crippen LogP contribution in [0.3, 0.4) is 0 Å². The summed E-state index contributed by atoms with van der Waals surface area (Å²) >= 11 is 0. The number of hydrogen-bond acceptors (Lipinski definition) is 3. The van der Waals surface area contributed by atoms with Crippen molar-refractivity contribution >= 4 is 5.97 Å². The molecule has 0 fully saturated rings. The Morgan fingerprint density at radius 1 is 1.11 bits per heavy atom. The highest BCUT2D eigenvalue weighted by Gasteiger charge is 2.19. The first kappa shape index (κ1) is 18.2. The summed E-state index contributed by atoms with van der Waals surface area (Å²) in [5.74, 6) is -0.273. The minimum absolute atomic E-state index is 0.0965. The third-order valence-corrected chi connectivity index (χ3v) is 3.37. The summed E-state index contributed by atoms with van der Waals surface area (Å²) in [5, 5.41) is 0. The first-order valence-electron chi connectivity index (χ1n) is 7.67. The maximum Gasteiger partial charge on any atom is 0.334 e. The average Bonchev–Trinajstić information content (AvgIpc) is 2.39. The Labute approximate surface area is 119 Å². The Morgan fingerprint density at radius 2 is 1.68 bits per heavy atom. The normalized spacial score (nSPS) is 12.5. The van der Waals surface area contributed by atoms with Gasteiger partial charge in [-0.3, -0.25) is 4.90 Å². The van der Waals surface area contributed by atoms with Gasteiger partial charge in [0.1, 0.15) is 0 Å². The van der Waals surface area contributed by atoms with Gasteiger partial charge >= 0.3 is 5.97 Å². The molecule has 3 heteroatoms. The van der Waals surface area contributed by atoms with Crippen LogP contribution in [-0.2, 0) is 9.53 Å². The zero-order valence-corrected chi connectivity index (χ0v) is 13.2. The highest BCUT2D eigenvalue weighted by Crippen LogP contribution is 2.14. The lowest BCUT2D eigenvalue weighted by Gasteiger charge is -2.29. The molecule has 0 aromatic heterocycles. The number of rotatable bonds is 11. The Kier molecular flexibility index (Phi) is 10.6. The number of carbonyl (C=O) groups excluding carboxylic acids is 1. The second-order valence-electron chi connectivity index (χ2n) is 5.06. The van der Waals surface area contributed by atoms with Crippen molar-refractivity contribution in [1.29, 1.82) is 0 Å². The first-order valence-corrected chi connectivity index (χ1v) is 7.67. The van der Waals surface area contributed by atoms with E-state index in [2.05, 4.69) is 32.3 Å². The van der Waals surface area contributed by atoms with Crippen LogP contribution in [0.25, 0.3) is 0 Å². The zero-order valence-electron chi connectivity index (χ0n) is 13.2. The number of esters is 1. The fraction of sp³-hybridized carbons (Fsp3) is 0.812. The Hall–Kier alpha value is -0.830. The van der Waals surface area contributed by atoms with Crippen LogP contribution in [0.4, 0.5) is 0 Å². The topological polar surface area (TPSA) is 29.5 Å². The lowest BCUT2D eigenvalue weighted by molar-refractivity contribution is -0.154. The molecule has 0 saturated carbocycles. The maximum atomic E-state index is 11.7. The van der Waals surface area contributed by atoms with Crippen LogP contribution < -0.4 is 0 Å². The lowest BCUT2D eigenvalue weighted by atomic mass is 10.1. The van der Waals surface area contributed by atoms with Gasteiger partial charge in [0.05, 0.1) is 0 Å². The van der Waals surface area contributed by atoms with Crippen molar-refractivity contribution in [3.63, 3.8) is 0 Å². The quantitative estimate of drug-likeness (QED) is 0.244. The van der Waals surface area contributed by atoms with E-state index < -0.39 is 0 Å². The van der Waals surface area contributed by atoms with Gasteiger partial charge in [0.15, 0.2) is 6.23 Å². The van der Waals surface area contributed by atoms with Gasteiger partial charge in [0.25, 0.3) is 0 Å². The second-order valence-corrected chi connectivity index (χ2v) is 5.06. The van der Waals surface area contributed by atoms with E-state index in [0.29, 0.717) is 5.57 Å². The van der Waals surface area contributed by atoms with Gasteiger partial charge < -0.3 is 4.74 Å². The molecule has 0 N–H and O–H groups in total. The SMILES string of the molecule is C=C(C)C(=O)OC(CCCCCCC)N(CC)CC. The largest absolute Gasteiger partial charge is 0.443 e. The Bertz CT molecular complexity index is 259. The number of nitrogens with zero attached hydrogens (tertiary/aromatic N) is 1. The van der Waals surface area contributed by atoms with Crippen molar-refractivity contribution in [2.45, 2.75) is 72.4 Å². The van der Waals surface area contributed by atoms with Crippen LogP contribution in [0.1, 0.15) is 66.2 Å². The van der Waals surface area contributed by atoms with Gasteiger partial charge in [-0.05, 0) is 32.9 Å². The van der Waals surface area contributed by atoms with Crippen molar-refractivity contribution in [2.24, 2.45) is 0 Å². The van der Waals surface area contributed by atoms with Crippen molar-refractivity contribution in [3.05, 3.63) is 12.2 Å². The van der Waals surface area contributed by atoms with Gasteiger partial charge in [0.2, 0.25) is 0 Å². The molecule has 1 atom stereocenters. The molecule has 0 radical (unpaired) electrons. The average molecular weight is 269 g/mol. The van der Waals surface area contributed by atoms with E-state index in [4.69, 9.17) is 4.74 Å². The molecular weight excluding hydrogens is 238 g/mol. The molecule has 0 aromatic carbocycles. The summed E-state index contributed by atoms with van der Waals surface area (Å²) < 4.78 is 5.55. The molecule has 0 aliphatic heterocycles. The summed E-state index contributed by atoms with van der Waals surface area (Å²) in [6, 6.07) is 0. The summed E-state index contributed by atoms with van der Waals surface area (Å²) in [7, 11) is 0. The summed E-state index contributed by atoms with van der Waals surface area (Å²) in [4.78, 5) is 13.9. The lowest BCUT2D eigenvalue weighted by Crippen LogP contribution is -2.38. The third kappa shape index (κ3) is 8.04. The predicted octanol–water partition coefficient (Wildman–Crippen LogP) is 4.13. The van der Waals surface area contributed by atoms with Crippen LogP contribution in [0.15, 0.2) is 12.2 Å². The van der Waals surface area contributed by atoms with Crippen molar-refractivity contribution in [1.82, 2.24) is 4.90 Å². The molecule has 19 heavy (non-hydrogen) atoms. The molecule has 0 aromatic rings. The van der Waals surface area contributed by atoms with E-state index in [1.165, 1.54) is 25.7 Å². The maximum absolute atomic E-state index is 11.7. The highest BCUT2D eigenvalue weighted by atomic mass is 16.6. The van der Waals surface area contributed by atoms with E-state index in [1.54, 1.807) is 6.92 Å². The van der Waals surface area contributed by atoms with Crippen LogP contribution in [0, 0.1) is 0 Å². The van der Waals surface area contributed by atoms with Crippen molar-refractivity contribution < 1.29 is 9.53 Å². The molecule has 0 amide bonds.